The van der Waals surface area contributed by atoms with Crippen molar-refractivity contribution in [1.82, 2.24) is 9.78 Å². The first kappa shape index (κ1) is 15.9. The minimum Gasteiger partial charge on any atom is -0.326 e. The van der Waals surface area contributed by atoms with Gasteiger partial charge in [0.2, 0.25) is 5.91 Å². The van der Waals surface area contributed by atoms with Crippen LogP contribution in [-0.2, 0) is 11.8 Å². The molecule has 1 aromatic carbocycles. The highest BCUT2D eigenvalue weighted by Crippen LogP contribution is 2.25. The second-order valence-electron chi connectivity index (χ2n) is 5.23. The maximum Gasteiger partial charge on any atom is 0.276 e. The summed E-state index contributed by atoms with van der Waals surface area (Å²) in [7, 11) is 1.81. The van der Waals surface area contributed by atoms with E-state index in [1.807, 2.05) is 24.6 Å². The Labute approximate surface area is 143 Å². The summed E-state index contributed by atoms with van der Waals surface area (Å²) in [5.41, 5.74) is 2.57. The zero-order chi connectivity index (χ0) is 17.1. The van der Waals surface area contributed by atoms with Crippen LogP contribution in [0.4, 0.5) is 11.4 Å². The second-order valence-corrected chi connectivity index (χ2v) is 6.18. The number of rotatable bonds is 4. The molecule has 0 spiro atoms. The number of hydrogen-bond donors (Lipinski definition) is 2. The molecule has 0 bridgehead atoms. The van der Waals surface area contributed by atoms with Crippen molar-refractivity contribution >= 4 is 34.5 Å². The van der Waals surface area contributed by atoms with Gasteiger partial charge in [-0.05, 0) is 41.8 Å². The van der Waals surface area contributed by atoms with Gasteiger partial charge in [-0.3, -0.25) is 14.3 Å². The van der Waals surface area contributed by atoms with Crippen molar-refractivity contribution in [3.63, 3.8) is 0 Å². The van der Waals surface area contributed by atoms with Crippen LogP contribution in [0.3, 0.4) is 0 Å². The predicted molar refractivity (Wildman–Crippen MR) is 95.2 cm³/mol. The molecule has 0 aliphatic rings. The van der Waals surface area contributed by atoms with Gasteiger partial charge in [0.15, 0.2) is 5.69 Å². The van der Waals surface area contributed by atoms with E-state index >= 15 is 0 Å². The van der Waals surface area contributed by atoms with Gasteiger partial charge in [-0.2, -0.15) is 5.10 Å². The molecule has 2 N–H and O–H groups in total. The molecule has 0 unspecified atom stereocenters. The molecule has 3 aromatic rings. The molecule has 122 valence electrons. The number of benzene rings is 1. The summed E-state index contributed by atoms with van der Waals surface area (Å²) in [4.78, 5) is 24.4. The van der Waals surface area contributed by atoms with E-state index in [9.17, 15) is 9.59 Å². The maximum atomic E-state index is 12.4. The van der Waals surface area contributed by atoms with Crippen LogP contribution in [0.5, 0.6) is 0 Å². The van der Waals surface area contributed by atoms with E-state index in [0.29, 0.717) is 17.1 Å². The van der Waals surface area contributed by atoms with Gasteiger partial charge in [0, 0.05) is 25.3 Å². The maximum absolute atomic E-state index is 12.4. The summed E-state index contributed by atoms with van der Waals surface area (Å²) in [6.07, 6.45) is 0. The molecule has 0 aliphatic carbocycles. The molecular formula is C17H16N4O2S. The second kappa shape index (κ2) is 6.67. The Balaban J connectivity index is 1.73. The van der Waals surface area contributed by atoms with Crippen LogP contribution in [0.25, 0.3) is 10.6 Å². The summed E-state index contributed by atoms with van der Waals surface area (Å²) in [6, 6.07) is 12.6. The predicted octanol–water partition coefficient (Wildman–Crippen LogP) is 3.36. The summed E-state index contributed by atoms with van der Waals surface area (Å²) < 4.78 is 1.70. The molecule has 0 aliphatic heterocycles. The molecular weight excluding hydrogens is 324 g/mol. The normalized spacial score (nSPS) is 10.4. The molecule has 0 saturated heterocycles. The lowest BCUT2D eigenvalue weighted by Gasteiger charge is -2.05. The van der Waals surface area contributed by atoms with E-state index < -0.39 is 0 Å². The molecule has 2 heterocycles. The third-order valence-corrected chi connectivity index (χ3v) is 4.24. The number of hydrogen-bond acceptors (Lipinski definition) is 4. The minimum atomic E-state index is -0.277. The summed E-state index contributed by atoms with van der Waals surface area (Å²) >= 11 is 1.60. The zero-order valence-electron chi connectivity index (χ0n) is 13.2. The van der Waals surface area contributed by atoms with Crippen molar-refractivity contribution in [1.29, 1.82) is 0 Å². The van der Waals surface area contributed by atoms with Crippen LogP contribution >= 0.6 is 11.3 Å². The number of carbonyl (C=O) groups is 2. The van der Waals surface area contributed by atoms with Crippen LogP contribution in [0.15, 0.2) is 47.8 Å². The van der Waals surface area contributed by atoms with Crippen molar-refractivity contribution < 1.29 is 9.59 Å². The highest BCUT2D eigenvalue weighted by atomic mass is 32.1. The number of aryl methyl sites for hydroxylation is 1. The number of nitrogens with one attached hydrogen (secondary N) is 2. The van der Waals surface area contributed by atoms with Crippen molar-refractivity contribution in [2.75, 3.05) is 10.6 Å². The van der Waals surface area contributed by atoms with Crippen LogP contribution < -0.4 is 10.6 Å². The Morgan fingerprint density at radius 1 is 1.08 bits per heavy atom. The molecule has 7 heteroatoms. The standard InChI is InChI=1S/C17H16N4O2S/c1-11(22)18-12-5-7-13(8-6-12)19-17(23)14-10-15(21(2)20-14)16-4-3-9-24-16/h3-10H,1-2H3,(H,18,22)(H,19,23). The van der Waals surface area contributed by atoms with Gasteiger partial charge in [0.25, 0.3) is 5.91 Å². The fraction of sp³-hybridized carbons (Fsp3) is 0.118. The van der Waals surface area contributed by atoms with Crippen LogP contribution in [0.1, 0.15) is 17.4 Å². The lowest BCUT2D eigenvalue weighted by atomic mass is 10.2. The molecule has 2 amide bonds. The van der Waals surface area contributed by atoms with Crippen molar-refractivity contribution in [2.45, 2.75) is 6.92 Å². The number of carbonyl (C=O) groups excluding carboxylic acids is 2. The largest absolute Gasteiger partial charge is 0.326 e. The van der Waals surface area contributed by atoms with Crippen LogP contribution in [0.2, 0.25) is 0 Å². The summed E-state index contributed by atoms with van der Waals surface area (Å²) in [5.74, 6) is -0.415. The topological polar surface area (TPSA) is 76.0 Å². The van der Waals surface area contributed by atoms with E-state index in [2.05, 4.69) is 15.7 Å². The van der Waals surface area contributed by atoms with E-state index in [-0.39, 0.29) is 11.8 Å². The molecule has 2 aromatic heterocycles. The SMILES string of the molecule is CC(=O)Nc1ccc(NC(=O)c2cc(-c3cccs3)n(C)n2)cc1. The third kappa shape index (κ3) is 3.52. The fourth-order valence-corrected chi connectivity index (χ4v) is 3.04. The van der Waals surface area contributed by atoms with E-state index in [1.165, 1.54) is 6.92 Å². The van der Waals surface area contributed by atoms with E-state index in [1.54, 1.807) is 46.4 Å². The Morgan fingerprint density at radius 2 is 1.75 bits per heavy atom. The lowest BCUT2D eigenvalue weighted by molar-refractivity contribution is -0.114. The van der Waals surface area contributed by atoms with Gasteiger partial charge in [-0.1, -0.05) is 6.07 Å². The number of amides is 2. The van der Waals surface area contributed by atoms with Crippen molar-refractivity contribution in [3.8, 4) is 10.6 Å². The minimum absolute atomic E-state index is 0.138. The summed E-state index contributed by atoms with van der Waals surface area (Å²) in [6.45, 7) is 1.45. The smallest absolute Gasteiger partial charge is 0.276 e. The van der Waals surface area contributed by atoms with Gasteiger partial charge in [-0.15, -0.1) is 11.3 Å². The lowest BCUT2D eigenvalue weighted by Crippen LogP contribution is -2.13. The van der Waals surface area contributed by atoms with Gasteiger partial charge in [0.1, 0.15) is 0 Å². The highest BCUT2D eigenvalue weighted by molar-refractivity contribution is 7.13. The van der Waals surface area contributed by atoms with Gasteiger partial charge in [-0.25, -0.2) is 0 Å². The molecule has 0 radical (unpaired) electrons. The highest BCUT2D eigenvalue weighted by Gasteiger charge is 2.14. The zero-order valence-corrected chi connectivity index (χ0v) is 14.1. The number of anilines is 2. The average molecular weight is 340 g/mol. The number of thiophene rings is 1. The van der Waals surface area contributed by atoms with Crippen LogP contribution in [0, 0.1) is 0 Å². The Hall–Kier alpha value is -2.93. The van der Waals surface area contributed by atoms with Crippen molar-refractivity contribution in [2.24, 2.45) is 7.05 Å². The Morgan fingerprint density at radius 3 is 2.33 bits per heavy atom. The average Bonchev–Trinajstić information content (AvgIpc) is 3.17. The number of nitrogens with zero attached hydrogens (tertiary/aromatic N) is 2. The molecule has 0 saturated carbocycles. The Kier molecular flexibility index (Phi) is 4.43. The van der Waals surface area contributed by atoms with Crippen LogP contribution in [-0.4, -0.2) is 21.6 Å². The monoisotopic (exact) mass is 340 g/mol. The number of aromatic nitrogens is 2. The fourth-order valence-electron chi connectivity index (χ4n) is 2.27. The Bertz CT molecular complexity index is 867. The molecule has 0 fully saturated rings. The first-order valence-electron chi connectivity index (χ1n) is 7.30. The van der Waals surface area contributed by atoms with Gasteiger partial charge < -0.3 is 10.6 Å². The molecule has 0 atom stereocenters. The molecule has 6 nitrogen and oxygen atoms in total. The van der Waals surface area contributed by atoms with E-state index in [0.717, 1.165) is 10.6 Å². The van der Waals surface area contributed by atoms with Gasteiger partial charge in [0.05, 0.1) is 10.6 Å². The quantitative estimate of drug-likeness (QED) is 0.764. The molecule has 3 rings (SSSR count). The summed E-state index contributed by atoms with van der Waals surface area (Å²) in [5, 5.41) is 11.7. The van der Waals surface area contributed by atoms with E-state index in [4.69, 9.17) is 0 Å². The van der Waals surface area contributed by atoms with Crippen molar-refractivity contribution in [3.05, 3.63) is 53.5 Å². The molecule has 24 heavy (non-hydrogen) atoms. The third-order valence-electron chi connectivity index (χ3n) is 3.35. The first-order chi connectivity index (χ1) is 11.5. The van der Waals surface area contributed by atoms with Gasteiger partial charge >= 0.3 is 0 Å². The first-order valence-corrected chi connectivity index (χ1v) is 8.18.